The molecule has 146 valence electrons. The molecule has 0 saturated carbocycles. The van der Waals surface area contributed by atoms with Gasteiger partial charge in [0.2, 0.25) is 11.8 Å². The van der Waals surface area contributed by atoms with Crippen molar-refractivity contribution in [2.45, 2.75) is 24.8 Å². The highest BCUT2D eigenvalue weighted by molar-refractivity contribution is 6.05. The second-order valence-corrected chi connectivity index (χ2v) is 7.26. The Balaban J connectivity index is 1.46. The lowest BCUT2D eigenvalue weighted by molar-refractivity contribution is -0.135. The van der Waals surface area contributed by atoms with Crippen LogP contribution in [-0.4, -0.2) is 38.2 Å². The van der Waals surface area contributed by atoms with E-state index in [1.54, 1.807) is 29.7 Å². The van der Waals surface area contributed by atoms with Crippen LogP contribution in [0.4, 0.5) is 10.1 Å². The Kier molecular flexibility index (Phi) is 4.12. The van der Waals surface area contributed by atoms with Crippen molar-refractivity contribution in [3.63, 3.8) is 0 Å². The summed E-state index contributed by atoms with van der Waals surface area (Å²) in [6.07, 6.45) is 5.71. The minimum atomic E-state index is -0.628. The van der Waals surface area contributed by atoms with Crippen LogP contribution >= 0.6 is 0 Å². The molecule has 0 fully saturated rings. The molecule has 2 unspecified atom stereocenters. The number of halogens is 1. The van der Waals surface area contributed by atoms with Gasteiger partial charge in [0, 0.05) is 43.2 Å². The average molecular weight is 391 g/mol. The lowest BCUT2D eigenvalue weighted by atomic mass is 9.93. The van der Waals surface area contributed by atoms with Gasteiger partial charge in [-0.3, -0.25) is 14.6 Å². The molecule has 2 atom stereocenters. The van der Waals surface area contributed by atoms with Crippen molar-refractivity contribution >= 4 is 17.5 Å². The van der Waals surface area contributed by atoms with Gasteiger partial charge >= 0.3 is 0 Å². The highest BCUT2D eigenvalue weighted by atomic mass is 19.1. The van der Waals surface area contributed by atoms with Crippen molar-refractivity contribution in [1.29, 1.82) is 0 Å². The fourth-order valence-corrected chi connectivity index (χ4v) is 4.22. The van der Waals surface area contributed by atoms with Crippen LogP contribution in [-0.2, 0) is 16.0 Å². The number of carbonyl (C=O) groups excluding carboxylic acids is 2. The largest absolute Gasteiger partial charge is 0.348 e. The summed E-state index contributed by atoms with van der Waals surface area (Å²) in [6.45, 7) is 0.519. The number of fused-ring (bicyclic) bond motifs is 2. The van der Waals surface area contributed by atoms with Crippen LogP contribution in [0.3, 0.4) is 0 Å². The molecule has 2 N–H and O–H groups in total. The zero-order valence-corrected chi connectivity index (χ0v) is 15.4. The van der Waals surface area contributed by atoms with Crippen molar-refractivity contribution in [1.82, 2.24) is 19.9 Å². The van der Waals surface area contributed by atoms with Crippen molar-refractivity contribution in [2.24, 2.45) is 0 Å². The molecule has 29 heavy (non-hydrogen) atoms. The number of aromatic amines is 1. The number of hydrogen-bond acceptors (Lipinski definition) is 4. The topological polar surface area (TPSA) is 91.0 Å². The average Bonchev–Trinajstić information content (AvgIpc) is 3.32. The van der Waals surface area contributed by atoms with Crippen LogP contribution in [0.15, 0.2) is 49.1 Å². The van der Waals surface area contributed by atoms with Crippen LogP contribution < -0.4 is 5.32 Å². The van der Waals surface area contributed by atoms with Gasteiger partial charge in [-0.1, -0.05) is 6.07 Å². The Morgan fingerprint density at radius 1 is 1.24 bits per heavy atom. The molecule has 0 spiro atoms. The zero-order valence-electron chi connectivity index (χ0n) is 15.4. The summed E-state index contributed by atoms with van der Waals surface area (Å²) in [5.41, 5.74) is 3.83. The summed E-state index contributed by atoms with van der Waals surface area (Å²) >= 11 is 0. The molecule has 2 amide bonds. The van der Waals surface area contributed by atoms with E-state index in [2.05, 4.69) is 20.3 Å². The van der Waals surface area contributed by atoms with Crippen LogP contribution in [0.2, 0.25) is 0 Å². The minimum absolute atomic E-state index is 0.0196. The lowest BCUT2D eigenvalue weighted by Gasteiger charge is -2.35. The molecule has 5 rings (SSSR count). The quantitative estimate of drug-likeness (QED) is 0.718. The van der Waals surface area contributed by atoms with E-state index in [9.17, 15) is 14.0 Å². The molecule has 2 aliphatic heterocycles. The second kappa shape index (κ2) is 6.80. The van der Waals surface area contributed by atoms with Gasteiger partial charge in [-0.2, -0.15) is 0 Å². The number of benzene rings is 1. The van der Waals surface area contributed by atoms with E-state index in [4.69, 9.17) is 0 Å². The maximum Gasteiger partial charge on any atom is 0.232 e. The highest BCUT2D eigenvalue weighted by Gasteiger charge is 2.38. The number of nitrogens with zero attached hydrogens (tertiary/aromatic N) is 3. The molecular weight excluding hydrogens is 373 g/mol. The predicted octanol–water partition coefficient (Wildman–Crippen LogP) is 2.54. The first-order valence-electron chi connectivity index (χ1n) is 9.43. The van der Waals surface area contributed by atoms with Crippen molar-refractivity contribution in [3.8, 4) is 0 Å². The van der Waals surface area contributed by atoms with E-state index in [0.29, 0.717) is 24.2 Å². The summed E-state index contributed by atoms with van der Waals surface area (Å²) in [4.78, 5) is 39.2. The molecule has 0 radical (unpaired) electrons. The maximum atomic E-state index is 13.5. The Hall–Kier alpha value is -3.55. The summed E-state index contributed by atoms with van der Waals surface area (Å²) < 4.78 is 13.5. The molecule has 1 aromatic carbocycles. The Bertz CT molecular complexity index is 1100. The summed E-state index contributed by atoms with van der Waals surface area (Å²) in [6, 6.07) is 7.58. The van der Waals surface area contributed by atoms with E-state index in [1.165, 1.54) is 12.1 Å². The number of pyridine rings is 1. The van der Waals surface area contributed by atoms with Gasteiger partial charge in [-0.15, -0.1) is 0 Å². The number of hydrogen-bond donors (Lipinski definition) is 2. The maximum absolute atomic E-state index is 13.5. The van der Waals surface area contributed by atoms with Crippen LogP contribution in [0, 0.1) is 5.82 Å². The van der Waals surface area contributed by atoms with Gasteiger partial charge in [-0.25, -0.2) is 9.37 Å². The fraction of sp³-hybridized carbons (Fsp3) is 0.238. The third-order valence-corrected chi connectivity index (χ3v) is 5.61. The normalized spacial score (nSPS) is 20.2. The van der Waals surface area contributed by atoms with Gasteiger partial charge in [0.15, 0.2) is 0 Å². The number of imidazole rings is 1. The van der Waals surface area contributed by atoms with Gasteiger partial charge in [0.25, 0.3) is 0 Å². The molecule has 4 heterocycles. The van der Waals surface area contributed by atoms with Gasteiger partial charge in [-0.05, 0) is 35.4 Å². The van der Waals surface area contributed by atoms with Gasteiger partial charge in [0.05, 0.1) is 17.9 Å². The molecular formula is C21H18FN5O2. The van der Waals surface area contributed by atoms with Crippen molar-refractivity contribution in [3.05, 3.63) is 77.4 Å². The van der Waals surface area contributed by atoms with Crippen LogP contribution in [0.1, 0.15) is 40.9 Å². The third-order valence-electron chi connectivity index (χ3n) is 5.61. The van der Waals surface area contributed by atoms with E-state index >= 15 is 0 Å². The molecule has 0 bridgehead atoms. The molecule has 3 aromatic rings. The molecule has 8 heteroatoms. The number of aromatic nitrogens is 3. The zero-order chi connectivity index (χ0) is 20.0. The standard InChI is InChI=1S/C21H18FN5O2/c22-13-1-2-14-15(21(29)26-17(14)9-13)10-18(28)27-8-5-16-19(25-11-24-16)20(27)12-3-6-23-7-4-12/h1-4,6-7,9,11,15,20H,5,8,10H2,(H,24,25)(H,26,29). The predicted molar refractivity (Wildman–Crippen MR) is 102 cm³/mol. The first-order valence-corrected chi connectivity index (χ1v) is 9.43. The highest BCUT2D eigenvalue weighted by Crippen LogP contribution is 2.38. The third kappa shape index (κ3) is 2.97. The Morgan fingerprint density at radius 3 is 2.90 bits per heavy atom. The number of H-pyrrole nitrogens is 1. The number of nitrogens with one attached hydrogen (secondary N) is 2. The monoisotopic (exact) mass is 391 g/mol. The van der Waals surface area contributed by atoms with E-state index in [0.717, 1.165) is 17.0 Å². The number of carbonyl (C=O) groups is 2. The smallest absolute Gasteiger partial charge is 0.232 e. The number of rotatable bonds is 3. The van der Waals surface area contributed by atoms with Crippen LogP contribution in [0.5, 0.6) is 0 Å². The van der Waals surface area contributed by atoms with Gasteiger partial charge < -0.3 is 15.2 Å². The fourth-order valence-electron chi connectivity index (χ4n) is 4.22. The second-order valence-electron chi connectivity index (χ2n) is 7.26. The Morgan fingerprint density at radius 2 is 2.07 bits per heavy atom. The number of amides is 2. The van der Waals surface area contributed by atoms with Crippen LogP contribution in [0.25, 0.3) is 0 Å². The van der Waals surface area contributed by atoms with Crippen molar-refractivity contribution < 1.29 is 14.0 Å². The molecule has 7 nitrogen and oxygen atoms in total. The molecule has 0 saturated heterocycles. The SMILES string of the molecule is O=C1Nc2cc(F)ccc2C1CC(=O)N1CCc2[nH]cnc2C1c1ccncc1. The Labute approximate surface area is 166 Å². The van der Waals surface area contributed by atoms with E-state index < -0.39 is 11.7 Å². The first kappa shape index (κ1) is 17.5. The summed E-state index contributed by atoms with van der Waals surface area (Å²) in [5, 5.41) is 2.68. The van der Waals surface area contributed by atoms with E-state index in [1.807, 2.05) is 12.1 Å². The molecule has 0 aliphatic carbocycles. The van der Waals surface area contributed by atoms with Crippen molar-refractivity contribution in [2.75, 3.05) is 11.9 Å². The summed E-state index contributed by atoms with van der Waals surface area (Å²) in [7, 11) is 0. The van der Waals surface area contributed by atoms with E-state index in [-0.39, 0.29) is 24.3 Å². The molecule has 2 aromatic heterocycles. The number of anilines is 1. The molecule has 2 aliphatic rings. The first-order chi connectivity index (χ1) is 14.1. The summed E-state index contributed by atoms with van der Waals surface area (Å²) in [5.74, 6) is -1.47. The van der Waals surface area contributed by atoms with Gasteiger partial charge in [0.1, 0.15) is 11.9 Å². The lowest BCUT2D eigenvalue weighted by Crippen LogP contribution is -2.41. The minimum Gasteiger partial charge on any atom is -0.348 e.